The molecule has 0 bridgehead atoms. The first-order chi connectivity index (χ1) is 15.2. The summed E-state index contributed by atoms with van der Waals surface area (Å²) in [6, 6.07) is 4.94. The van der Waals surface area contributed by atoms with Gasteiger partial charge in [0.2, 0.25) is 0 Å². The zero-order chi connectivity index (χ0) is 22.9. The molecule has 0 atom stereocenters. The molecule has 3 aliphatic rings. The molecule has 4 rings (SSSR count). The molecule has 1 aliphatic carbocycles. The summed E-state index contributed by atoms with van der Waals surface area (Å²) in [4.78, 5) is 7.84. The first kappa shape index (κ1) is 23.7. The number of methoxy groups -OCH3 is 1. The number of hydrogen-bond acceptors (Lipinski definition) is 4. The van der Waals surface area contributed by atoms with Crippen LogP contribution in [0.25, 0.3) is 0 Å². The minimum atomic E-state index is 0.386. The summed E-state index contributed by atoms with van der Waals surface area (Å²) in [6.07, 6.45) is 7.72. The standard InChI is InChI=1S/C28H47N3O/c1-7-10-29-13-15-31(16-14-29)24-18-26(32-6)25(30-11-8-9-12-30)17-23(24)22-19-27(2,3)21-28(4,5)20-22/h17-18,22H,7-16,19-21H2,1-6H3. The predicted octanol–water partition coefficient (Wildman–Crippen LogP) is 6.15. The average Bonchev–Trinajstić information content (AvgIpc) is 3.26. The molecule has 32 heavy (non-hydrogen) atoms. The number of anilines is 2. The molecule has 0 unspecified atom stereocenters. The summed E-state index contributed by atoms with van der Waals surface area (Å²) in [7, 11) is 1.85. The van der Waals surface area contributed by atoms with E-state index in [2.05, 4.69) is 61.5 Å². The van der Waals surface area contributed by atoms with E-state index in [-0.39, 0.29) is 0 Å². The van der Waals surface area contributed by atoms with Crippen LogP contribution in [-0.2, 0) is 0 Å². The summed E-state index contributed by atoms with van der Waals surface area (Å²) < 4.78 is 5.99. The number of benzene rings is 1. The molecular weight excluding hydrogens is 394 g/mol. The van der Waals surface area contributed by atoms with E-state index in [1.54, 1.807) is 5.56 Å². The maximum Gasteiger partial charge on any atom is 0.144 e. The topological polar surface area (TPSA) is 19.0 Å². The predicted molar refractivity (Wildman–Crippen MR) is 138 cm³/mol. The van der Waals surface area contributed by atoms with Crippen LogP contribution in [0.3, 0.4) is 0 Å². The van der Waals surface area contributed by atoms with E-state index in [1.165, 1.54) is 69.5 Å². The highest BCUT2D eigenvalue weighted by Crippen LogP contribution is 2.54. The van der Waals surface area contributed by atoms with E-state index in [9.17, 15) is 0 Å². The van der Waals surface area contributed by atoms with Gasteiger partial charge in [-0.15, -0.1) is 0 Å². The molecule has 2 saturated heterocycles. The quantitative estimate of drug-likeness (QED) is 0.527. The molecule has 3 fully saturated rings. The summed E-state index contributed by atoms with van der Waals surface area (Å²) in [5.74, 6) is 1.68. The second-order valence-corrected chi connectivity index (χ2v) is 12.2. The Hall–Kier alpha value is -1.42. The Labute approximate surface area is 197 Å². The highest BCUT2D eigenvalue weighted by atomic mass is 16.5. The highest BCUT2D eigenvalue weighted by molar-refractivity contribution is 5.71. The lowest BCUT2D eigenvalue weighted by Gasteiger charge is -2.46. The molecule has 0 spiro atoms. The van der Waals surface area contributed by atoms with E-state index in [0.29, 0.717) is 16.7 Å². The van der Waals surface area contributed by atoms with E-state index in [1.807, 2.05) is 7.11 Å². The number of rotatable bonds is 6. The fraction of sp³-hybridized carbons (Fsp3) is 0.786. The van der Waals surface area contributed by atoms with Crippen molar-refractivity contribution in [3.8, 4) is 5.75 Å². The lowest BCUT2D eigenvalue weighted by Crippen LogP contribution is -2.47. The second-order valence-electron chi connectivity index (χ2n) is 12.2. The molecule has 0 aromatic heterocycles. The minimum absolute atomic E-state index is 0.386. The van der Waals surface area contributed by atoms with Crippen molar-refractivity contribution < 1.29 is 4.74 Å². The van der Waals surface area contributed by atoms with Gasteiger partial charge >= 0.3 is 0 Å². The molecule has 1 aromatic carbocycles. The lowest BCUT2D eigenvalue weighted by molar-refractivity contribution is 0.0970. The van der Waals surface area contributed by atoms with Gasteiger partial charge in [0.15, 0.2) is 0 Å². The maximum absolute atomic E-state index is 5.99. The van der Waals surface area contributed by atoms with Crippen molar-refractivity contribution in [2.45, 2.75) is 79.1 Å². The fourth-order valence-electron chi connectivity index (χ4n) is 7.14. The maximum atomic E-state index is 5.99. The molecule has 0 radical (unpaired) electrons. The Morgan fingerprint density at radius 3 is 2.00 bits per heavy atom. The van der Waals surface area contributed by atoms with Gasteiger partial charge in [-0.1, -0.05) is 34.6 Å². The van der Waals surface area contributed by atoms with Crippen molar-refractivity contribution in [3.63, 3.8) is 0 Å². The van der Waals surface area contributed by atoms with Gasteiger partial charge < -0.3 is 14.5 Å². The van der Waals surface area contributed by atoms with E-state index in [0.717, 1.165) is 31.9 Å². The van der Waals surface area contributed by atoms with Crippen LogP contribution in [0.5, 0.6) is 5.75 Å². The smallest absolute Gasteiger partial charge is 0.144 e. The number of nitrogens with zero attached hydrogens (tertiary/aromatic N) is 3. The minimum Gasteiger partial charge on any atom is -0.495 e. The molecule has 0 N–H and O–H groups in total. The molecule has 1 aromatic rings. The van der Waals surface area contributed by atoms with Crippen LogP contribution in [0.4, 0.5) is 11.4 Å². The Morgan fingerprint density at radius 1 is 0.844 bits per heavy atom. The number of ether oxygens (including phenoxy) is 1. The Balaban J connectivity index is 1.72. The van der Waals surface area contributed by atoms with Crippen LogP contribution < -0.4 is 14.5 Å². The van der Waals surface area contributed by atoms with Gasteiger partial charge in [0, 0.05) is 51.0 Å². The van der Waals surface area contributed by atoms with Crippen molar-refractivity contribution in [1.29, 1.82) is 0 Å². The third kappa shape index (κ3) is 5.21. The zero-order valence-electron chi connectivity index (χ0n) is 21.7. The van der Waals surface area contributed by atoms with Crippen molar-refractivity contribution in [1.82, 2.24) is 4.90 Å². The van der Waals surface area contributed by atoms with Gasteiger partial charge in [0.1, 0.15) is 5.75 Å². The highest BCUT2D eigenvalue weighted by Gasteiger charge is 2.40. The molecule has 2 aliphatic heterocycles. The van der Waals surface area contributed by atoms with Gasteiger partial charge in [-0.05, 0) is 73.4 Å². The molecule has 4 nitrogen and oxygen atoms in total. The van der Waals surface area contributed by atoms with Gasteiger partial charge in [-0.25, -0.2) is 0 Å². The van der Waals surface area contributed by atoms with E-state index >= 15 is 0 Å². The third-order valence-electron chi connectivity index (χ3n) is 8.02. The van der Waals surface area contributed by atoms with Gasteiger partial charge in [0.05, 0.1) is 12.8 Å². The lowest BCUT2D eigenvalue weighted by atomic mass is 9.60. The summed E-state index contributed by atoms with van der Waals surface area (Å²) >= 11 is 0. The first-order valence-corrected chi connectivity index (χ1v) is 13.2. The largest absolute Gasteiger partial charge is 0.495 e. The fourth-order valence-corrected chi connectivity index (χ4v) is 7.14. The molecular formula is C28H47N3O. The Bertz CT molecular complexity index is 757. The number of piperazine rings is 1. The normalized spacial score (nSPS) is 24.2. The monoisotopic (exact) mass is 441 g/mol. The van der Waals surface area contributed by atoms with Crippen LogP contribution >= 0.6 is 0 Å². The van der Waals surface area contributed by atoms with E-state index < -0.39 is 0 Å². The SMILES string of the molecule is CCCN1CCN(c2cc(OC)c(N3CCCC3)cc2C2CC(C)(C)CC(C)(C)C2)CC1. The second kappa shape index (κ2) is 9.44. The van der Waals surface area contributed by atoms with Gasteiger partial charge in [0.25, 0.3) is 0 Å². The van der Waals surface area contributed by atoms with Crippen molar-refractivity contribution in [2.24, 2.45) is 10.8 Å². The third-order valence-corrected chi connectivity index (χ3v) is 8.02. The average molecular weight is 442 g/mol. The molecule has 2 heterocycles. The van der Waals surface area contributed by atoms with E-state index in [4.69, 9.17) is 4.74 Å². The van der Waals surface area contributed by atoms with Crippen molar-refractivity contribution >= 4 is 11.4 Å². The molecule has 4 heteroatoms. The van der Waals surface area contributed by atoms with Crippen molar-refractivity contribution in [2.75, 3.05) is 62.7 Å². The molecule has 1 saturated carbocycles. The molecule has 0 amide bonds. The van der Waals surface area contributed by atoms with Crippen LogP contribution in [0, 0.1) is 10.8 Å². The van der Waals surface area contributed by atoms with Crippen LogP contribution in [-0.4, -0.2) is 57.8 Å². The van der Waals surface area contributed by atoms with Crippen molar-refractivity contribution in [3.05, 3.63) is 17.7 Å². The zero-order valence-corrected chi connectivity index (χ0v) is 21.7. The first-order valence-electron chi connectivity index (χ1n) is 13.2. The van der Waals surface area contributed by atoms with Gasteiger partial charge in [-0.2, -0.15) is 0 Å². The summed E-state index contributed by atoms with van der Waals surface area (Å²) in [5.41, 5.74) is 5.13. The number of hydrogen-bond donors (Lipinski definition) is 0. The van der Waals surface area contributed by atoms with Crippen LogP contribution in [0.15, 0.2) is 12.1 Å². The Morgan fingerprint density at radius 2 is 1.44 bits per heavy atom. The van der Waals surface area contributed by atoms with Crippen LogP contribution in [0.2, 0.25) is 0 Å². The van der Waals surface area contributed by atoms with Gasteiger partial charge in [-0.3, -0.25) is 4.90 Å². The summed E-state index contributed by atoms with van der Waals surface area (Å²) in [6.45, 7) is 20.3. The summed E-state index contributed by atoms with van der Waals surface area (Å²) in [5, 5.41) is 0. The Kier molecular flexibility index (Phi) is 7.00. The van der Waals surface area contributed by atoms with Crippen LogP contribution in [0.1, 0.15) is 84.6 Å². The molecule has 180 valence electrons.